The first-order valence-corrected chi connectivity index (χ1v) is 9.30. The van der Waals surface area contributed by atoms with Crippen LogP contribution in [-0.2, 0) is 0 Å². The van der Waals surface area contributed by atoms with E-state index >= 15 is 0 Å². The van der Waals surface area contributed by atoms with Crippen molar-refractivity contribution in [2.45, 2.75) is 0 Å². The van der Waals surface area contributed by atoms with Crippen molar-refractivity contribution in [3.8, 4) is 17.2 Å². The number of phenolic OH excluding ortho intramolecular Hbond substituents is 1. The molecule has 0 aliphatic carbocycles. The molecule has 1 N–H and O–H groups in total. The first-order chi connectivity index (χ1) is 15.0. The largest absolute Gasteiger partial charge is 0.504 e. The van der Waals surface area contributed by atoms with Crippen molar-refractivity contribution in [3.05, 3.63) is 98.6 Å². The maximum Gasteiger partial charge on any atom is 0.293 e. The van der Waals surface area contributed by atoms with Crippen LogP contribution in [-0.4, -0.2) is 26.7 Å². The van der Waals surface area contributed by atoms with Crippen LogP contribution in [0.1, 0.15) is 11.4 Å². The van der Waals surface area contributed by atoms with Crippen LogP contribution < -0.4 is 10.3 Å². The average Bonchev–Trinajstić information content (AvgIpc) is 2.78. The lowest BCUT2D eigenvalue weighted by molar-refractivity contribution is -0.384. The molecule has 0 bridgehead atoms. The summed E-state index contributed by atoms with van der Waals surface area (Å²) in [5.74, 6) is 0.523. The second-order valence-corrected chi connectivity index (χ2v) is 6.64. The van der Waals surface area contributed by atoms with E-state index in [1.54, 1.807) is 60.7 Å². The number of hydrogen-bond acceptors (Lipinski definition) is 6. The summed E-state index contributed by atoms with van der Waals surface area (Å²) in [7, 11) is 1.44. The highest BCUT2D eigenvalue weighted by Crippen LogP contribution is 2.28. The van der Waals surface area contributed by atoms with E-state index in [2.05, 4.69) is 4.98 Å². The van der Waals surface area contributed by atoms with Crippen LogP contribution in [0.25, 0.3) is 28.7 Å². The summed E-state index contributed by atoms with van der Waals surface area (Å²) < 4.78 is 6.35. The molecular weight excluding hydrogens is 398 g/mol. The molecule has 0 aliphatic heterocycles. The number of para-hydroxylation sites is 3. The number of nitro groups is 1. The molecule has 0 atom stereocenters. The van der Waals surface area contributed by atoms with E-state index < -0.39 is 10.5 Å². The number of rotatable bonds is 5. The summed E-state index contributed by atoms with van der Waals surface area (Å²) in [6.45, 7) is 0. The van der Waals surface area contributed by atoms with Gasteiger partial charge in [0.05, 0.1) is 22.9 Å². The summed E-state index contributed by atoms with van der Waals surface area (Å²) in [5.41, 5.74) is 0.667. The summed E-state index contributed by atoms with van der Waals surface area (Å²) in [6, 6.07) is 17.6. The van der Waals surface area contributed by atoms with E-state index in [-0.39, 0.29) is 22.9 Å². The Bertz CT molecular complexity index is 1390. The standard InChI is InChI=1S/C23H17N3O5/c1-31-21-14-15(10-12-20(21)27)11-13-22-24-17-7-3-2-6-16(17)23(28)25(22)18-8-4-5-9-19(18)26(29)30/h2-14,27H,1H3. The molecule has 8 nitrogen and oxygen atoms in total. The number of aromatic nitrogens is 2. The van der Waals surface area contributed by atoms with Crippen molar-refractivity contribution in [1.29, 1.82) is 0 Å². The molecule has 154 valence electrons. The van der Waals surface area contributed by atoms with E-state index in [1.807, 2.05) is 0 Å². The summed E-state index contributed by atoms with van der Waals surface area (Å²) >= 11 is 0. The monoisotopic (exact) mass is 415 g/mol. The SMILES string of the molecule is COc1cc(C=Cc2nc3ccccc3c(=O)n2-c2ccccc2[N+](=O)[O-])ccc1O. The lowest BCUT2D eigenvalue weighted by Crippen LogP contribution is -2.23. The maximum atomic E-state index is 13.3. The van der Waals surface area contributed by atoms with E-state index in [0.29, 0.717) is 22.2 Å². The Hall–Kier alpha value is -4.46. The molecule has 1 heterocycles. The third kappa shape index (κ3) is 3.74. The highest BCUT2D eigenvalue weighted by atomic mass is 16.6. The van der Waals surface area contributed by atoms with E-state index in [9.17, 15) is 20.0 Å². The third-order valence-corrected chi connectivity index (χ3v) is 4.75. The number of fused-ring (bicyclic) bond motifs is 1. The second kappa shape index (κ2) is 8.11. The molecule has 8 heteroatoms. The zero-order chi connectivity index (χ0) is 22.0. The summed E-state index contributed by atoms with van der Waals surface area (Å²) in [5, 5.41) is 21.7. The average molecular weight is 415 g/mol. The van der Waals surface area contributed by atoms with Gasteiger partial charge in [-0.25, -0.2) is 4.98 Å². The molecule has 3 aromatic carbocycles. The lowest BCUT2D eigenvalue weighted by Gasteiger charge is -2.11. The lowest BCUT2D eigenvalue weighted by atomic mass is 10.1. The Morgan fingerprint density at radius 3 is 2.58 bits per heavy atom. The van der Waals surface area contributed by atoms with Gasteiger partial charge in [-0.3, -0.25) is 19.5 Å². The Morgan fingerprint density at radius 2 is 1.81 bits per heavy atom. The van der Waals surface area contributed by atoms with Gasteiger partial charge in [0, 0.05) is 6.07 Å². The van der Waals surface area contributed by atoms with Gasteiger partial charge in [0.2, 0.25) is 0 Å². The number of benzene rings is 3. The molecule has 0 saturated carbocycles. The van der Waals surface area contributed by atoms with Crippen molar-refractivity contribution in [1.82, 2.24) is 9.55 Å². The molecule has 0 radical (unpaired) electrons. The van der Waals surface area contributed by atoms with Gasteiger partial charge in [0.25, 0.3) is 11.2 Å². The molecule has 4 rings (SSSR count). The predicted octanol–water partition coefficient (Wildman–Crippen LogP) is 4.18. The molecule has 1 aromatic heterocycles. The number of methoxy groups -OCH3 is 1. The number of phenols is 1. The van der Waals surface area contributed by atoms with Gasteiger partial charge in [-0.1, -0.05) is 36.4 Å². The Morgan fingerprint density at radius 1 is 1.06 bits per heavy atom. The maximum absolute atomic E-state index is 13.3. The van der Waals surface area contributed by atoms with Gasteiger partial charge < -0.3 is 9.84 Å². The Labute approximate surface area is 176 Å². The zero-order valence-electron chi connectivity index (χ0n) is 16.4. The molecule has 0 unspecified atom stereocenters. The number of nitrogens with zero attached hydrogens (tertiary/aromatic N) is 3. The minimum absolute atomic E-state index is 0.000277. The van der Waals surface area contributed by atoms with Crippen LogP contribution in [0.2, 0.25) is 0 Å². The van der Waals surface area contributed by atoms with Crippen LogP contribution >= 0.6 is 0 Å². The number of hydrogen-bond donors (Lipinski definition) is 1. The fourth-order valence-electron chi connectivity index (χ4n) is 3.27. The van der Waals surface area contributed by atoms with Gasteiger partial charge in [-0.2, -0.15) is 0 Å². The van der Waals surface area contributed by atoms with Crippen molar-refractivity contribution in [2.75, 3.05) is 7.11 Å². The third-order valence-electron chi connectivity index (χ3n) is 4.75. The van der Waals surface area contributed by atoms with Crippen molar-refractivity contribution in [2.24, 2.45) is 0 Å². The predicted molar refractivity (Wildman–Crippen MR) is 118 cm³/mol. The normalized spacial score (nSPS) is 11.1. The van der Waals surface area contributed by atoms with Gasteiger partial charge in [0.1, 0.15) is 11.5 Å². The summed E-state index contributed by atoms with van der Waals surface area (Å²) in [6.07, 6.45) is 3.28. The smallest absolute Gasteiger partial charge is 0.293 e. The first kappa shape index (κ1) is 19.8. The molecule has 0 fully saturated rings. The topological polar surface area (TPSA) is 107 Å². The van der Waals surface area contributed by atoms with Crippen LogP contribution in [0.3, 0.4) is 0 Å². The highest BCUT2D eigenvalue weighted by Gasteiger charge is 2.19. The van der Waals surface area contributed by atoms with Crippen molar-refractivity contribution >= 4 is 28.7 Å². The Balaban J connectivity index is 1.96. The van der Waals surface area contributed by atoms with E-state index in [1.165, 1.54) is 29.9 Å². The second-order valence-electron chi connectivity index (χ2n) is 6.64. The number of aromatic hydroxyl groups is 1. The molecular formula is C23H17N3O5. The fourth-order valence-corrected chi connectivity index (χ4v) is 3.27. The van der Waals surface area contributed by atoms with Gasteiger partial charge in [-0.05, 0) is 42.0 Å². The van der Waals surface area contributed by atoms with Gasteiger partial charge >= 0.3 is 0 Å². The van der Waals surface area contributed by atoms with E-state index in [0.717, 1.165) is 0 Å². The number of ether oxygens (including phenoxy) is 1. The molecule has 31 heavy (non-hydrogen) atoms. The zero-order valence-corrected chi connectivity index (χ0v) is 16.4. The highest BCUT2D eigenvalue weighted by molar-refractivity contribution is 5.80. The first-order valence-electron chi connectivity index (χ1n) is 9.30. The van der Waals surface area contributed by atoms with Crippen LogP contribution in [0.15, 0.2) is 71.5 Å². The summed E-state index contributed by atoms with van der Waals surface area (Å²) in [4.78, 5) is 28.9. The van der Waals surface area contributed by atoms with Crippen LogP contribution in [0.4, 0.5) is 5.69 Å². The van der Waals surface area contributed by atoms with Gasteiger partial charge in [0.15, 0.2) is 11.5 Å². The number of nitro benzene ring substituents is 1. The molecule has 0 saturated heterocycles. The van der Waals surface area contributed by atoms with Crippen LogP contribution in [0, 0.1) is 10.1 Å². The minimum Gasteiger partial charge on any atom is -0.504 e. The molecule has 0 aliphatic rings. The molecule has 4 aromatic rings. The fraction of sp³-hybridized carbons (Fsp3) is 0.0435. The Kier molecular flexibility index (Phi) is 5.19. The van der Waals surface area contributed by atoms with E-state index in [4.69, 9.17) is 4.74 Å². The molecule has 0 spiro atoms. The van der Waals surface area contributed by atoms with Gasteiger partial charge in [-0.15, -0.1) is 0 Å². The van der Waals surface area contributed by atoms with Crippen LogP contribution in [0.5, 0.6) is 11.5 Å². The minimum atomic E-state index is -0.532. The quantitative estimate of drug-likeness (QED) is 0.387. The molecule has 0 amide bonds. The van der Waals surface area contributed by atoms with Crippen molar-refractivity contribution in [3.63, 3.8) is 0 Å². The van der Waals surface area contributed by atoms with Crippen molar-refractivity contribution < 1.29 is 14.8 Å².